The average Bonchev–Trinajstić information content (AvgIpc) is 3.41. The third-order valence-electron chi connectivity index (χ3n) is 5.74. The van der Waals surface area contributed by atoms with E-state index < -0.39 is 10.0 Å². The molecular weight excluding hydrogens is 452 g/mol. The predicted molar refractivity (Wildman–Crippen MR) is 124 cm³/mol. The number of aromatic nitrogens is 2. The van der Waals surface area contributed by atoms with E-state index in [2.05, 4.69) is 15.3 Å². The zero-order valence-corrected chi connectivity index (χ0v) is 19.1. The maximum atomic E-state index is 13.2. The van der Waals surface area contributed by atoms with E-state index in [4.69, 9.17) is 0 Å². The standard InChI is InChI=1S/C21H20N4O3S3/c1-13-10-25(31(27,28)15-3-4-17-20(9-15)30-11-22-17)7-6-16(13)21(26)24-14-2-5-19-18(8-14)23-12-29-19/h2-5,8-9,11-13,16H,6-7,10H2,1H3,(H,24,26)/t13-,16+/m1/s1. The lowest BCUT2D eigenvalue weighted by molar-refractivity contribution is -0.122. The van der Waals surface area contributed by atoms with Crippen molar-refractivity contribution >= 4 is 64.7 Å². The summed E-state index contributed by atoms with van der Waals surface area (Å²) in [6.07, 6.45) is 0.480. The van der Waals surface area contributed by atoms with Crippen LogP contribution in [-0.2, 0) is 14.8 Å². The second-order valence-corrected chi connectivity index (χ2v) is 11.5. The Bertz CT molecular complexity index is 1380. The van der Waals surface area contributed by atoms with Crippen molar-refractivity contribution < 1.29 is 13.2 Å². The third-order valence-corrected chi connectivity index (χ3v) is 9.21. The molecule has 1 aliphatic rings. The number of hydrogen-bond acceptors (Lipinski definition) is 7. The zero-order valence-electron chi connectivity index (χ0n) is 16.7. The van der Waals surface area contributed by atoms with Crippen molar-refractivity contribution in [1.29, 1.82) is 0 Å². The van der Waals surface area contributed by atoms with Gasteiger partial charge in [-0.1, -0.05) is 6.92 Å². The molecule has 1 saturated heterocycles. The van der Waals surface area contributed by atoms with Gasteiger partial charge in [0.15, 0.2) is 0 Å². The molecule has 3 heterocycles. The van der Waals surface area contributed by atoms with Gasteiger partial charge in [0.25, 0.3) is 0 Å². The second kappa shape index (κ2) is 7.94. The highest BCUT2D eigenvalue weighted by Crippen LogP contribution is 2.31. The molecule has 5 rings (SSSR count). The molecule has 2 aromatic carbocycles. The van der Waals surface area contributed by atoms with Gasteiger partial charge < -0.3 is 5.32 Å². The highest BCUT2D eigenvalue weighted by molar-refractivity contribution is 7.89. The lowest BCUT2D eigenvalue weighted by Gasteiger charge is -2.35. The second-order valence-electron chi connectivity index (χ2n) is 7.74. The van der Waals surface area contributed by atoms with E-state index in [1.807, 2.05) is 25.1 Å². The fourth-order valence-corrected chi connectivity index (χ4v) is 7.06. The van der Waals surface area contributed by atoms with E-state index in [0.717, 1.165) is 20.4 Å². The first-order valence-corrected chi connectivity index (χ1v) is 13.1. The largest absolute Gasteiger partial charge is 0.326 e. The number of carbonyl (C=O) groups is 1. The van der Waals surface area contributed by atoms with Crippen molar-refractivity contribution in [1.82, 2.24) is 14.3 Å². The van der Waals surface area contributed by atoms with Crippen LogP contribution >= 0.6 is 22.7 Å². The minimum absolute atomic E-state index is 0.0785. The van der Waals surface area contributed by atoms with E-state index in [0.29, 0.717) is 25.2 Å². The Balaban J connectivity index is 1.29. The molecule has 10 heteroatoms. The molecule has 1 aliphatic heterocycles. The predicted octanol–water partition coefficient (Wildman–Crippen LogP) is 4.19. The number of carbonyl (C=O) groups excluding carboxylic acids is 1. The smallest absolute Gasteiger partial charge is 0.243 e. The lowest BCUT2D eigenvalue weighted by Crippen LogP contribution is -2.46. The van der Waals surface area contributed by atoms with E-state index in [-0.39, 0.29) is 22.6 Å². The van der Waals surface area contributed by atoms with E-state index in [1.165, 1.54) is 15.6 Å². The summed E-state index contributed by atoms with van der Waals surface area (Å²) in [5.74, 6) is -0.426. The minimum atomic E-state index is -3.62. The molecule has 0 radical (unpaired) electrons. The molecule has 0 aliphatic carbocycles. The number of nitrogens with one attached hydrogen (secondary N) is 1. The minimum Gasteiger partial charge on any atom is -0.326 e. The SMILES string of the molecule is C[C@@H]1CN(S(=O)(=O)c2ccc3ncsc3c2)CC[C@@H]1C(=O)Nc1ccc2scnc2c1. The van der Waals surface area contributed by atoms with Crippen LogP contribution < -0.4 is 5.32 Å². The Labute approximate surface area is 187 Å². The number of fused-ring (bicyclic) bond motifs is 2. The van der Waals surface area contributed by atoms with Crippen LogP contribution in [0.5, 0.6) is 0 Å². The summed E-state index contributed by atoms with van der Waals surface area (Å²) in [4.78, 5) is 21.7. The van der Waals surface area contributed by atoms with E-state index >= 15 is 0 Å². The van der Waals surface area contributed by atoms with Gasteiger partial charge >= 0.3 is 0 Å². The Morgan fingerprint density at radius 3 is 2.65 bits per heavy atom. The summed E-state index contributed by atoms with van der Waals surface area (Å²) in [6, 6.07) is 10.7. The molecule has 2 aromatic heterocycles. The number of thiazole rings is 2. The Kier molecular flexibility index (Phi) is 5.25. The molecule has 4 aromatic rings. The van der Waals surface area contributed by atoms with Gasteiger partial charge in [-0.05, 0) is 48.7 Å². The molecule has 1 N–H and O–H groups in total. The summed E-state index contributed by atoms with van der Waals surface area (Å²) < 4.78 is 29.7. The van der Waals surface area contributed by atoms with Crippen LogP contribution in [0.15, 0.2) is 52.3 Å². The maximum Gasteiger partial charge on any atom is 0.243 e. The fraction of sp³-hybridized carbons (Fsp3) is 0.286. The highest BCUT2D eigenvalue weighted by atomic mass is 32.2. The van der Waals surface area contributed by atoms with Gasteiger partial charge in [0.1, 0.15) is 0 Å². The molecule has 2 atom stereocenters. The van der Waals surface area contributed by atoms with E-state index in [9.17, 15) is 13.2 Å². The number of amides is 1. The van der Waals surface area contributed by atoms with Gasteiger partial charge in [-0.15, -0.1) is 22.7 Å². The van der Waals surface area contributed by atoms with Gasteiger partial charge in [0.2, 0.25) is 15.9 Å². The van der Waals surface area contributed by atoms with Crippen molar-refractivity contribution in [3.05, 3.63) is 47.4 Å². The summed E-state index contributed by atoms with van der Waals surface area (Å²) in [5.41, 5.74) is 5.85. The molecule has 0 spiro atoms. The first-order chi connectivity index (χ1) is 14.9. The normalized spacial score (nSPS) is 20.3. The number of hydrogen-bond donors (Lipinski definition) is 1. The number of sulfonamides is 1. The summed E-state index contributed by atoms with van der Waals surface area (Å²) in [6.45, 7) is 2.56. The van der Waals surface area contributed by atoms with Crippen molar-refractivity contribution in [2.45, 2.75) is 18.2 Å². The van der Waals surface area contributed by atoms with Gasteiger partial charge in [-0.25, -0.2) is 18.4 Å². The zero-order chi connectivity index (χ0) is 21.6. The van der Waals surface area contributed by atoms with Gasteiger partial charge in [-0.3, -0.25) is 4.79 Å². The number of rotatable bonds is 4. The summed E-state index contributed by atoms with van der Waals surface area (Å²) >= 11 is 2.98. The van der Waals surface area contributed by atoms with Crippen molar-refractivity contribution in [3.63, 3.8) is 0 Å². The van der Waals surface area contributed by atoms with Crippen LogP contribution in [0.4, 0.5) is 5.69 Å². The monoisotopic (exact) mass is 472 g/mol. The van der Waals surface area contributed by atoms with Crippen molar-refractivity contribution in [2.75, 3.05) is 18.4 Å². The van der Waals surface area contributed by atoms with Gasteiger partial charge in [0, 0.05) is 24.7 Å². The highest BCUT2D eigenvalue weighted by Gasteiger charge is 2.36. The Hall–Kier alpha value is -2.40. The quantitative estimate of drug-likeness (QED) is 0.481. The topological polar surface area (TPSA) is 92.3 Å². The first kappa shape index (κ1) is 20.5. The first-order valence-electron chi connectivity index (χ1n) is 9.89. The molecule has 0 saturated carbocycles. The van der Waals surface area contributed by atoms with Crippen LogP contribution in [0.1, 0.15) is 13.3 Å². The molecule has 0 unspecified atom stereocenters. The average molecular weight is 473 g/mol. The molecule has 160 valence electrons. The molecule has 1 amide bonds. The molecule has 0 bridgehead atoms. The van der Waals surface area contributed by atoms with Gasteiger partial charge in [-0.2, -0.15) is 4.31 Å². The molecular formula is C21H20N4O3S3. The van der Waals surface area contributed by atoms with Crippen LogP contribution in [0, 0.1) is 11.8 Å². The number of nitrogens with zero attached hydrogens (tertiary/aromatic N) is 3. The number of benzene rings is 2. The molecule has 31 heavy (non-hydrogen) atoms. The van der Waals surface area contributed by atoms with E-state index in [1.54, 1.807) is 40.6 Å². The molecule has 7 nitrogen and oxygen atoms in total. The maximum absolute atomic E-state index is 13.2. The van der Waals surface area contributed by atoms with Crippen LogP contribution in [0.3, 0.4) is 0 Å². The van der Waals surface area contributed by atoms with Crippen LogP contribution in [0.25, 0.3) is 20.4 Å². The molecule has 1 fully saturated rings. The summed E-state index contributed by atoms with van der Waals surface area (Å²) in [5, 5.41) is 2.98. The Morgan fingerprint density at radius 1 is 1.06 bits per heavy atom. The third kappa shape index (κ3) is 3.84. The van der Waals surface area contributed by atoms with Gasteiger partial charge in [0.05, 0.1) is 36.3 Å². The summed E-state index contributed by atoms with van der Waals surface area (Å²) in [7, 11) is -3.62. The number of anilines is 1. The van der Waals surface area contributed by atoms with Crippen LogP contribution in [0.2, 0.25) is 0 Å². The van der Waals surface area contributed by atoms with Crippen molar-refractivity contribution in [2.24, 2.45) is 11.8 Å². The van der Waals surface area contributed by atoms with Crippen molar-refractivity contribution in [3.8, 4) is 0 Å². The number of piperidine rings is 1. The lowest BCUT2D eigenvalue weighted by atomic mass is 9.87. The van der Waals surface area contributed by atoms with Crippen LogP contribution in [-0.4, -0.2) is 41.7 Å². The fourth-order valence-electron chi connectivity index (χ4n) is 4.03. The Morgan fingerprint density at radius 2 is 1.84 bits per heavy atom.